The van der Waals surface area contributed by atoms with E-state index in [-0.39, 0.29) is 18.0 Å². The van der Waals surface area contributed by atoms with Gasteiger partial charge in [-0.3, -0.25) is 0 Å². The highest BCUT2D eigenvalue weighted by molar-refractivity contribution is 5.30. The standard InChI is InChI=1S/C12H15FN4O/c1-3-9-15-10(4-2)17(16-9)12-11(13)8(7-18)5-6-14-12/h5-6,18H,3-4,7H2,1-2H3. The smallest absolute Gasteiger partial charge is 0.191 e. The van der Waals surface area contributed by atoms with Gasteiger partial charge < -0.3 is 5.11 Å². The predicted octanol–water partition coefficient (Wildman–Crippen LogP) is 1.42. The molecule has 0 amide bonds. The minimum absolute atomic E-state index is 0.0885. The molecule has 0 fully saturated rings. The molecule has 0 saturated carbocycles. The summed E-state index contributed by atoms with van der Waals surface area (Å²) < 4.78 is 15.5. The Hall–Kier alpha value is -1.82. The van der Waals surface area contributed by atoms with Crippen LogP contribution in [0.15, 0.2) is 12.3 Å². The van der Waals surface area contributed by atoms with Gasteiger partial charge in [0.15, 0.2) is 17.5 Å². The van der Waals surface area contributed by atoms with Gasteiger partial charge in [-0.1, -0.05) is 13.8 Å². The van der Waals surface area contributed by atoms with Crippen LogP contribution in [0.25, 0.3) is 5.82 Å². The van der Waals surface area contributed by atoms with E-state index < -0.39 is 5.82 Å². The minimum atomic E-state index is -0.553. The molecule has 0 aliphatic carbocycles. The Balaban J connectivity index is 2.57. The summed E-state index contributed by atoms with van der Waals surface area (Å²) in [5.41, 5.74) is 0.204. The molecule has 0 bridgehead atoms. The third kappa shape index (κ3) is 2.11. The molecule has 0 aliphatic rings. The number of halogens is 1. The average molecular weight is 250 g/mol. The van der Waals surface area contributed by atoms with Crippen molar-refractivity contribution in [1.82, 2.24) is 19.7 Å². The van der Waals surface area contributed by atoms with E-state index in [1.165, 1.54) is 16.9 Å². The van der Waals surface area contributed by atoms with Crippen LogP contribution in [0.2, 0.25) is 0 Å². The number of nitrogens with zero attached hydrogens (tertiary/aromatic N) is 4. The van der Waals surface area contributed by atoms with Crippen molar-refractivity contribution < 1.29 is 9.50 Å². The zero-order valence-corrected chi connectivity index (χ0v) is 10.4. The molecule has 2 aromatic rings. The van der Waals surface area contributed by atoms with Crippen LogP contribution in [0.4, 0.5) is 4.39 Å². The molecule has 0 radical (unpaired) electrons. The molecule has 0 saturated heterocycles. The van der Waals surface area contributed by atoms with Crippen LogP contribution in [0, 0.1) is 5.82 Å². The van der Waals surface area contributed by atoms with Crippen LogP contribution >= 0.6 is 0 Å². The highest BCUT2D eigenvalue weighted by atomic mass is 19.1. The third-order valence-electron chi connectivity index (χ3n) is 2.67. The second-order valence-electron chi connectivity index (χ2n) is 3.83. The second kappa shape index (κ2) is 5.22. The first kappa shape index (κ1) is 12.6. The number of aryl methyl sites for hydroxylation is 2. The summed E-state index contributed by atoms with van der Waals surface area (Å²) in [6, 6.07) is 1.45. The van der Waals surface area contributed by atoms with Crippen LogP contribution in [0.3, 0.4) is 0 Å². The Morgan fingerprint density at radius 2 is 2.11 bits per heavy atom. The highest BCUT2D eigenvalue weighted by Gasteiger charge is 2.16. The SMILES string of the molecule is CCc1nc(CC)n(-c2nccc(CO)c2F)n1. The van der Waals surface area contributed by atoms with E-state index in [2.05, 4.69) is 15.1 Å². The summed E-state index contributed by atoms with van der Waals surface area (Å²) in [5.74, 6) is 0.851. The second-order valence-corrected chi connectivity index (χ2v) is 3.83. The molecule has 0 aromatic carbocycles. The van der Waals surface area contributed by atoms with Gasteiger partial charge in [-0.05, 0) is 6.07 Å². The number of pyridine rings is 1. The number of aromatic nitrogens is 4. The fourth-order valence-electron chi connectivity index (χ4n) is 1.68. The average Bonchev–Trinajstić information content (AvgIpc) is 2.82. The normalized spacial score (nSPS) is 10.9. The summed E-state index contributed by atoms with van der Waals surface area (Å²) >= 11 is 0. The van der Waals surface area contributed by atoms with Gasteiger partial charge in [-0.25, -0.2) is 14.4 Å². The van der Waals surface area contributed by atoms with E-state index >= 15 is 0 Å². The predicted molar refractivity (Wildman–Crippen MR) is 63.8 cm³/mol. The first-order valence-corrected chi connectivity index (χ1v) is 5.90. The molecule has 5 nitrogen and oxygen atoms in total. The quantitative estimate of drug-likeness (QED) is 0.891. The molecule has 2 rings (SSSR count). The molecule has 0 atom stereocenters. The molecule has 0 aliphatic heterocycles. The Morgan fingerprint density at radius 3 is 2.72 bits per heavy atom. The lowest BCUT2D eigenvalue weighted by Gasteiger charge is -2.06. The van der Waals surface area contributed by atoms with Gasteiger partial charge in [-0.15, -0.1) is 5.10 Å². The number of aliphatic hydroxyl groups excluding tert-OH is 1. The van der Waals surface area contributed by atoms with Crippen LogP contribution in [0.5, 0.6) is 0 Å². The van der Waals surface area contributed by atoms with Crippen molar-refractivity contribution in [3.8, 4) is 5.82 Å². The van der Waals surface area contributed by atoms with Gasteiger partial charge in [0, 0.05) is 24.6 Å². The zero-order valence-electron chi connectivity index (χ0n) is 10.4. The number of hydrogen-bond acceptors (Lipinski definition) is 4. The van der Waals surface area contributed by atoms with E-state index in [0.717, 1.165) is 0 Å². The topological polar surface area (TPSA) is 63.8 Å². The minimum Gasteiger partial charge on any atom is -0.392 e. The molecule has 0 spiro atoms. The van der Waals surface area contributed by atoms with Gasteiger partial charge in [0.2, 0.25) is 0 Å². The third-order valence-corrected chi connectivity index (χ3v) is 2.67. The summed E-state index contributed by atoms with van der Waals surface area (Å²) in [6.45, 7) is 3.50. The fraction of sp³-hybridized carbons (Fsp3) is 0.417. The lowest BCUT2D eigenvalue weighted by molar-refractivity contribution is 0.275. The molecule has 18 heavy (non-hydrogen) atoms. The lowest BCUT2D eigenvalue weighted by Crippen LogP contribution is -2.09. The first-order chi connectivity index (χ1) is 8.71. The van der Waals surface area contributed by atoms with E-state index in [1.54, 1.807) is 0 Å². The van der Waals surface area contributed by atoms with E-state index in [0.29, 0.717) is 24.5 Å². The highest BCUT2D eigenvalue weighted by Crippen LogP contribution is 2.16. The summed E-state index contributed by atoms with van der Waals surface area (Å²) in [6.07, 6.45) is 2.77. The van der Waals surface area contributed by atoms with Crippen molar-refractivity contribution in [2.24, 2.45) is 0 Å². The molecule has 1 N–H and O–H groups in total. The molecule has 2 aromatic heterocycles. The van der Waals surface area contributed by atoms with E-state index in [4.69, 9.17) is 5.11 Å². The van der Waals surface area contributed by atoms with Crippen molar-refractivity contribution in [2.45, 2.75) is 33.3 Å². The molecule has 96 valence electrons. The molecule has 6 heteroatoms. The molecule has 0 unspecified atom stereocenters. The largest absolute Gasteiger partial charge is 0.392 e. The van der Waals surface area contributed by atoms with Crippen LogP contribution in [-0.2, 0) is 19.4 Å². The maximum atomic E-state index is 14.1. The summed E-state index contributed by atoms with van der Waals surface area (Å²) in [7, 11) is 0. The number of rotatable bonds is 4. The zero-order chi connectivity index (χ0) is 13.1. The Morgan fingerprint density at radius 1 is 1.33 bits per heavy atom. The van der Waals surface area contributed by atoms with Crippen LogP contribution in [0.1, 0.15) is 31.1 Å². The Bertz CT molecular complexity index is 553. The molecular weight excluding hydrogens is 235 g/mol. The van der Waals surface area contributed by atoms with Gasteiger partial charge >= 0.3 is 0 Å². The van der Waals surface area contributed by atoms with Crippen molar-refractivity contribution in [3.63, 3.8) is 0 Å². The van der Waals surface area contributed by atoms with Crippen molar-refractivity contribution in [2.75, 3.05) is 0 Å². The first-order valence-electron chi connectivity index (χ1n) is 5.90. The lowest BCUT2D eigenvalue weighted by atomic mass is 10.2. The van der Waals surface area contributed by atoms with Gasteiger partial charge in [0.1, 0.15) is 5.82 Å². The van der Waals surface area contributed by atoms with Crippen molar-refractivity contribution in [3.05, 3.63) is 35.3 Å². The van der Waals surface area contributed by atoms with Crippen LogP contribution in [-0.4, -0.2) is 24.9 Å². The molecule has 2 heterocycles. The summed E-state index contributed by atoms with van der Waals surface area (Å²) in [5, 5.41) is 13.3. The van der Waals surface area contributed by atoms with Gasteiger partial charge in [-0.2, -0.15) is 4.68 Å². The fourth-order valence-corrected chi connectivity index (χ4v) is 1.68. The Labute approximate surface area is 104 Å². The van der Waals surface area contributed by atoms with Crippen molar-refractivity contribution in [1.29, 1.82) is 0 Å². The number of aliphatic hydroxyl groups is 1. The van der Waals surface area contributed by atoms with Gasteiger partial charge in [0.05, 0.1) is 6.61 Å². The van der Waals surface area contributed by atoms with E-state index in [1.807, 2.05) is 13.8 Å². The van der Waals surface area contributed by atoms with Crippen molar-refractivity contribution >= 4 is 0 Å². The maximum absolute atomic E-state index is 14.1. The monoisotopic (exact) mass is 250 g/mol. The van der Waals surface area contributed by atoms with Gasteiger partial charge in [0.25, 0.3) is 0 Å². The number of hydrogen-bond donors (Lipinski definition) is 1. The summed E-state index contributed by atoms with van der Waals surface area (Å²) in [4.78, 5) is 8.29. The van der Waals surface area contributed by atoms with Crippen LogP contribution < -0.4 is 0 Å². The van der Waals surface area contributed by atoms with E-state index in [9.17, 15) is 4.39 Å². The Kier molecular flexibility index (Phi) is 3.66. The molecular formula is C12H15FN4O. The maximum Gasteiger partial charge on any atom is 0.191 e.